The third-order valence-corrected chi connectivity index (χ3v) is 5.62. The molecule has 2 aromatic carbocycles. The minimum Gasteiger partial charge on any atom is -0.451 e. The van der Waals surface area contributed by atoms with Gasteiger partial charge in [-0.1, -0.05) is 24.3 Å². The topological polar surface area (TPSA) is 104 Å². The Hall–Kier alpha value is -3.76. The molecule has 33 heavy (non-hydrogen) atoms. The molecular formula is C23H23N5O4S. The molecule has 1 saturated heterocycles. The molecule has 170 valence electrons. The summed E-state index contributed by atoms with van der Waals surface area (Å²) in [5, 5.41) is 17.1. The Balaban J connectivity index is 1.44. The van der Waals surface area contributed by atoms with E-state index in [0.717, 1.165) is 37.6 Å². The molecule has 1 amide bonds. The number of carbonyl (C=O) groups is 1. The number of nitro groups is 1. The second-order valence-electron chi connectivity index (χ2n) is 7.65. The number of furan rings is 1. The number of piperazine rings is 1. The zero-order chi connectivity index (χ0) is 23.4. The lowest BCUT2D eigenvalue weighted by Crippen LogP contribution is -2.45. The molecule has 10 heteroatoms. The third kappa shape index (κ3) is 5.18. The van der Waals surface area contributed by atoms with Gasteiger partial charge in [0.1, 0.15) is 5.76 Å². The van der Waals surface area contributed by atoms with Crippen molar-refractivity contribution in [3.05, 3.63) is 76.5 Å². The second-order valence-corrected chi connectivity index (χ2v) is 8.06. The molecule has 1 fully saturated rings. The molecule has 0 aliphatic carbocycles. The van der Waals surface area contributed by atoms with E-state index in [1.165, 1.54) is 18.2 Å². The average molecular weight is 466 g/mol. The molecule has 0 unspecified atom stereocenters. The zero-order valence-electron chi connectivity index (χ0n) is 18.0. The van der Waals surface area contributed by atoms with Gasteiger partial charge in [-0.15, -0.1) is 0 Å². The van der Waals surface area contributed by atoms with Crippen molar-refractivity contribution in [1.82, 2.24) is 10.2 Å². The number of benzene rings is 2. The quantitative estimate of drug-likeness (QED) is 0.334. The number of para-hydroxylation sites is 3. The molecule has 0 atom stereocenters. The molecule has 0 saturated carbocycles. The summed E-state index contributed by atoms with van der Waals surface area (Å²) in [5.74, 6) is -0.319. The highest BCUT2D eigenvalue weighted by Crippen LogP contribution is 2.31. The van der Waals surface area contributed by atoms with Crippen molar-refractivity contribution >= 4 is 40.3 Å². The van der Waals surface area contributed by atoms with E-state index in [1.807, 2.05) is 24.3 Å². The van der Waals surface area contributed by atoms with Gasteiger partial charge in [0, 0.05) is 32.2 Å². The summed E-state index contributed by atoms with van der Waals surface area (Å²) >= 11 is 5.35. The number of thiocarbonyl (C=S) groups is 1. The van der Waals surface area contributed by atoms with Crippen LogP contribution in [0.15, 0.2) is 65.1 Å². The van der Waals surface area contributed by atoms with E-state index in [0.29, 0.717) is 5.56 Å². The standard InChI is InChI=1S/C23H23N5O4S/c1-26-12-14-27(15-13-26)19-9-5-3-7-17(19)24-23(33)25-22(29)21-11-10-20(32-21)16-6-2-4-8-18(16)28(30)31/h2-11H,12-15H2,1H3,(H2,24,25,29,33). The minimum atomic E-state index is -0.547. The van der Waals surface area contributed by atoms with Gasteiger partial charge in [-0.3, -0.25) is 20.2 Å². The summed E-state index contributed by atoms with van der Waals surface area (Å²) in [5.41, 5.74) is 2.01. The van der Waals surface area contributed by atoms with Crippen LogP contribution in [0.5, 0.6) is 0 Å². The molecular weight excluding hydrogens is 442 g/mol. The largest absolute Gasteiger partial charge is 0.451 e. The Labute approximate surface area is 196 Å². The first-order valence-corrected chi connectivity index (χ1v) is 10.8. The summed E-state index contributed by atoms with van der Waals surface area (Å²) in [4.78, 5) is 28.0. The number of anilines is 2. The number of hydrogen-bond donors (Lipinski definition) is 2. The van der Waals surface area contributed by atoms with Crippen LogP contribution in [0.25, 0.3) is 11.3 Å². The first-order valence-electron chi connectivity index (χ1n) is 10.4. The summed E-state index contributed by atoms with van der Waals surface area (Å²) in [6.07, 6.45) is 0. The summed E-state index contributed by atoms with van der Waals surface area (Å²) in [7, 11) is 2.10. The number of likely N-dealkylation sites (N-methyl/N-ethyl adjacent to an activating group) is 1. The highest BCUT2D eigenvalue weighted by atomic mass is 32.1. The van der Waals surface area contributed by atoms with Crippen LogP contribution in [-0.2, 0) is 0 Å². The van der Waals surface area contributed by atoms with Gasteiger partial charge in [0.15, 0.2) is 10.9 Å². The van der Waals surface area contributed by atoms with E-state index in [2.05, 4.69) is 27.5 Å². The smallest absolute Gasteiger partial charge is 0.293 e. The number of carbonyl (C=O) groups excluding carboxylic acids is 1. The van der Waals surface area contributed by atoms with Crippen molar-refractivity contribution in [2.24, 2.45) is 0 Å². The summed E-state index contributed by atoms with van der Waals surface area (Å²) in [6, 6.07) is 17.0. The lowest BCUT2D eigenvalue weighted by atomic mass is 10.1. The maximum atomic E-state index is 12.6. The van der Waals surface area contributed by atoms with Crippen LogP contribution in [-0.4, -0.2) is 54.1 Å². The van der Waals surface area contributed by atoms with Crippen LogP contribution < -0.4 is 15.5 Å². The highest BCUT2D eigenvalue weighted by Gasteiger charge is 2.21. The Morgan fingerprint density at radius 3 is 2.48 bits per heavy atom. The van der Waals surface area contributed by atoms with E-state index >= 15 is 0 Å². The molecule has 1 aromatic heterocycles. The van der Waals surface area contributed by atoms with Gasteiger partial charge in [0.05, 0.1) is 21.9 Å². The van der Waals surface area contributed by atoms with Crippen molar-refractivity contribution < 1.29 is 14.1 Å². The van der Waals surface area contributed by atoms with Gasteiger partial charge < -0.3 is 19.5 Å². The molecule has 0 radical (unpaired) electrons. The Morgan fingerprint density at radius 2 is 1.73 bits per heavy atom. The number of amides is 1. The first kappa shape index (κ1) is 22.4. The van der Waals surface area contributed by atoms with E-state index in [-0.39, 0.29) is 22.3 Å². The number of rotatable bonds is 5. The van der Waals surface area contributed by atoms with Crippen LogP contribution in [0.4, 0.5) is 17.1 Å². The SMILES string of the molecule is CN1CCN(c2ccccc2NC(=S)NC(=O)c2ccc(-c3ccccc3[N+](=O)[O-])o2)CC1. The molecule has 9 nitrogen and oxygen atoms in total. The van der Waals surface area contributed by atoms with E-state index in [4.69, 9.17) is 16.6 Å². The van der Waals surface area contributed by atoms with E-state index < -0.39 is 10.8 Å². The Morgan fingerprint density at radius 1 is 1.03 bits per heavy atom. The lowest BCUT2D eigenvalue weighted by molar-refractivity contribution is -0.384. The lowest BCUT2D eigenvalue weighted by Gasteiger charge is -2.35. The third-order valence-electron chi connectivity index (χ3n) is 5.42. The molecule has 0 bridgehead atoms. The van der Waals surface area contributed by atoms with Crippen molar-refractivity contribution in [3.63, 3.8) is 0 Å². The fraction of sp³-hybridized carbons (Fsp3) is 0.217. The van der Waals surface area contributed by atoms with Crippen molar-refractivity contribution in [2.45, 2.75) is 0 Å². The van der Waals surface area contributed by atoms with Gasteiger partial charge >= 0.3 is 0 Å². The molecule has 0 spiro atoms. The maximum Gasteiger partial charge on any atom is 0.293 e. The molecule has 2 heterocycles. The number of nitrogens with one attached hydrogen (secondary N) is 2. The minimum absolute atomic E-state index is 0.000320. The van der Waals surface area contributed by atoms with Crippen LogP contribution >= 0.6 is 12.2 Å². The molecule has 1 aliphatic rings. The fourth-order valence-corrected chi connectivity index (χ4v) is 3.87. The first-order chi connectivity index (χ1) is 15.9. The molecule has 4 rings (SSSR count). The zero-order valence-corrected chi connectivity index (χ0v) is 18.8. The van der Waals surface area contributed by atoms with Crippen LogP contribution in [0, 0.1) is 10.1 Å². The predicted octanol–water partition coefficient (Wildman–Crippen LogP) is 3.73. The van der Waals surface area contributed by atoms with Gasteiger partial charge in [0.2, 0.25) is 0 Å². The maximum absolute atomic E-state index is 12.6. The fourth-order valence-electron chi connectivity index (χ4n) is 3.67. The second kappa shape index (κ2) is 9.80. The van der Waals surface area contributed by atoms with Gasteiger partial charge in [-0.05, 0) is 49.6 Å². The summed E-state index contributed by atoms with van der Waals surface area (Å²) < 4.78 is 5.59. The Kier molecular flexibility index (Phi) is 6.66. The average Bonchev–Trinajstić information content (AvgIpc) is 3.30. The predicted molar refractivity (Wildman–Crippen MR) is 131 cm³/mol. The van der Waals surface area contributed by atoms with Crippen LogP contribution in [0.1, 0.15) is 10.6 Å². The van der Waals surface area contributed by atoms with Crippen LogP contribution in [0.3, 0.4) is 0 Å². The van der Waals surface area contributed by atoms with Crippen molar-refractivity contribution in [3.8, 4) is 11.3 Å². The molecule has 3 aromatic rings. The van der Waals surface area contributed by atoms with Crippen molar-refractivity contribution in [2.75, 3.05) is 43.4 Å². The molecule has 2 N–H and O–H groups in total. The number of hydrogen-bond acceptors (Lipinski definition) is 7. The van der Waals surface area contributed by atoms with Gasteiger partial charge in [0.25, 0.3) is 11.6 Å². The molecule has 1 aliphatic heterocycles. The monoisotopic (exact) mass is 465 g/mol. The van der Waals surface area contributed by atoms with Crippen LogP contribution in [0.2, 0.25) is 0 Å². The number of nitro benzene ring substituents is 1. The normalized spacial score (nSPS) is 14.0. The van der Waals surface area contributed by atoms with Gasteiger partial charge in [-0.2, -0.15) is 0 Å². The van der Waals surface area contributed by atoms with Gasteiger partial charge in [-0.25, -0.2) is 0 Å². The summed E-state index contributed by atoms with van der Waals surface area (Å²) in [6.45, 7) is 3.73. The van der Waals surface area contributed by atoms with Crippen molar-refractivity contribution in [1.29, 1.82) is 0 Å². The Bertz CT molecular complexity index is 1190. The number of nitrogens with zero attached hydrogens (tertiary/aromatic N) is 3. The van der Waals surface area contributed by atoms with E-state index in [9.17, 15) is 14.9 Å². The van der Waals surface area contributed by atoms with E-state index in [1.54, 1.807) is 18.2 Å². The highest BCUT2D eigenvalue weighted by molar-refractivity contribution is 7.80.